The van der Waals surface area contributed by atoms with Crippen molar-refractivity contribution < 1.29 is 0 Å². The number of guanidine groups is 1. The van der Waals surface area contributed by atoms with E-state index in [-0.39, 0.29) is 0 Å². The molecule has 136 valence electrons. The van der Waals surface area contributed by atoms with Crippen LogP contribution in [0.15, 0.2) is 53.8 Å². The van der Waals surface area contributed by atoms with Crippen molar-refractivity contribution in [3.05, 3.63) is 64.4 Å². The first-order valence-electron chi connectivity index (χ1n) is 8.76. The maximum absolute atomic E-state index is 4.59. The molecule has 0 spiro atoms. The number of aryl methyl sites for hydroxylation is 1. The van der Waals surface area contributed by atoms with Gasteiger partial charge in [0.1, 0.15) is 0 Å². The van der Waals surface area contributed by atoms with E-state index in [1.54, 1.807) is 18.4 Å². The lowest BCUT2D eigenvalue weighted by Crippen LogP contribution is -2.37. The van der Waals surface area contributed by atoms with Crippen LogP contribution in [0.3, 0.4) is 0 Å². The molecule has 0 saturated carbocycles. The maximum Gasteiger partial charge on any atom is 0.191 e. The van der Waals surface area contributed by atoms with E-state index in [9.17, 15) is 0 Å². The molecule has 2 aromatic heterocycles. The molecule has 0 bridgehead atoms. The van der Waals surface area contributed by atoms with Gasteiger partial charge < -0.3 is 10.6 Å². The van der Waals surface area contributed by atoms with Crippen LogP contribution in [0, 0.1) is 0 Å². The van der Waals surface area contributed by atoms with E-state index in [2.05, 4.69) is 32.6 Å². The molecule has 6 nitrogen and oxygen atoms in total. The van der Waals surface area contributed by atoms with Crippen molar-refractivity contribution in [1.82, 2.24) is 25.4 Å². The van der Waals surface area contributed by atoms with Crippen molar-refractivity contribution in [2.45, 2.75) is 26.3 Å². The Morgan fingerprint density at radius 3 is 2.77 bits per heavy atom. The zero-order valence-electron chi connectivity index (χ0n) is 15.1. The van der Waals surface area contributed by atoms with Gasteiger partial charge in [-0.3, -0.25) is 4.99 Å². The van der Waals surface area contributed by atoms with Crippen molar-refractivity contribution >= 4 is 17.3 Å². The van der Waals surface area contributed by atoms with E-state index in [0.717, 1.165) is 41.7 Å². The summed E-state index contributed by atoms with van der Waals surface area (Å²) in [6, 6.07) is 12.1. The van der Waals surface area contributed by atoms with E-state index in [1.807, 2.05) is 53.5 Å². The molecule has 0 aliphatic heterocycles. The Hall–Kier alpha value is -2.67. The summed E-state index contributed by atoms with van der Waals surface area (Å²) in [7, 11) is 1.77. The van der Waals surface area contributed by atoms with E-state index in [0.29, 0.717) is 6.54 Å². The van der Waals surface area contributed by atoms with E-state index < -0.39 is 0 Å². The summed E-state index contributed by atoms with van der Waals surface area (Å²) in [5.74, 6) is 0.770. The molecule has 2 heterocycles. The first-order chi connectivity index (χ1) is 12.8. The fraction of sp³-hybridized carbons (Fsp3) is 0.316. The molecule has 0 radical (unpaired) electrons. The molecule has 2 N–H and O–H groups in total. The topological polar surface area (TPSA) is 67.1 Å². The monoisotopic (exact) mass is 368 g/mol. The van der Waals surface area contributed by atoms with E-state index in [4.69, 9.17) is 0 Å². The predicted octanol–water partition coefficient (Wildman–Crippen LogP) is 2.80. The number of aromatic nitrogens is 3. The Balaban J connectivity index is 1.46. The first-order valence-corrected chi connectivity index (χ1v) is 9.58. The van der Waals surface area contributed by atoms with Crippen molar-refractivity contribution in [3.63, 3.8) is 0 Å². The van der Waals surface area contributed by atoms with Crippen LogP contribution in [-0.4, -0.2) is 34.3 Å². The molecular weight excluding hydrogens is 344 g/mol. The number of nitrogens with zero attached hydrogens (tertiary/aromatic N) is 4. The van der Waals surface area contributed by atoms with Gasteiger partial charge in [-0.25, -0.2) is 9.67 Å². The highest BCUT2D eigenvalue weighted by molar-refractivity contribution is 7.11. The third-order valence-electron chi connectivity index (χ3n) is 3.91. The van der Waals surface area contributed by atoms with Crippen LogP contribution >= 0.6 is 11.3 Å². The maximum atomic E-state index is 4.59. The molecule has 0 atom stereocenters. The zero-order chi connectivity index (χ0) is 18.2. The molecule has 0 fully saturated rings. The van der Waals surface area contributed by atoms with Crippen LogP contribution in [0.2, 0.25) is 0 Å². The number of thiazole rings is 1. The Morgan fingerprint density at radius 1 is 1.19 bits per heavy atom. The Morgan fingerprint density at radius 2 is 2.04 bits per heavy atom. The Kier molecular flexibility index (Phi) is 6.38. The van der Waals surface area contributed by atoms with Crippen LogP contribution in [0.4, 0.5) is 0 Å². The van der Waals surface area contributed by atoms with Crippen molar-refractivity contribution in [3.8, 4) is 5.69 Å². The minimum Gasteiger partial charge on any atom is -0.356 e. The summed E-state index contributed by atoms with van der Waals surface area (Å²) in [4.78, 5) is 10.0. The molecule has 3 aromatic rings. The molecular formula is C19H24N6S. The number of hydrogen-bond donors (Lipinski definition) is 2. The van der Waals surface area contributed by atoms with Gasteiger partial charge in [0.2, 0.25) is 0 Å². The molecule has 1 aromatic carbocycles. The Bertz CT molecular complexity index is 837. The Labute approximate surface area is 158 Å². The summed E-state index contributed by atoms with van der Waals surface area (Å²) < 4.78 is 1.88. The minimum absolute atomic E-state index is 0.622. The predicted molar refractivity (Wildman–Crippen MR) is 107 cm³/mol. The third-order valence-corrected chi connectivity index (χ3v) is 5.11. The van der Waals surface area contributed by atoms with Crippen LogP contribution in [0.1, 0.15) is 22.5 Å². The fourth-order valence-corrected chi connectivity index (χ4v) is 3.35. The number of benzene rings is 1. The standard InChI is InChI=1S/C19H24N6S/c1-3-17-14-22-18(26-17)9-11-21-19(20-2)23-13-15-10-12-25(24-15)16-7-5-4-6-8-16/h4-8,10,12,14H,3,9,11,13H2,1-2H3,(H2,20,21,23). The minimum atomic E-state index is 0.622. The number of rotatable bonds is 7. The zero-order valence-corrected chi connectivity index (χ0v) is 16.0. The second-order valence-corrected chi connectivity index (χ2v) is 6.96. The van der Waals surface area contributed by atoms with Gasteiger partial charge in [-0.05, 0) is 24.6 Å². The fourth-order valence-electron chi connectivity index (χ4n) is 2.49. The van der Waals surface area contributed by atoms with Crippen molar-refractivity contribution in [2.24, 2.45) is 4.99 Å². The first kappa shape index (κ1) is 18.1. The van der Waals surface area contributed by atoms with Crippen LogP contribution in [0.5, 0.6) is 0 Å². The van der Waals surface area contributed by atoms with Crippen LogP contribution in [-0.2, 0) is 19.4 Å². The third kappa shape index (κ3) is 4.92. The number of nitrogens with one attached hydrogen (secondary N) is 2. The van der Waals surface area contributed by atoms with Gasteiger partial charge in [0.25, 0.3) is 0 Å². The van der Waals surface area contributed by atoms with Gasteiger partial charge in [0, 0.05) is 37.3 Å². The normalized spacial score (nSPS) is 11.5. The molecule has 0 aliphatic carbocycles. The summed E-state index contributed by atoms with van der Waals surface area (Å²) in [5.41, 5.74) is 2.01. The molecule has 0 aliphatic rings. The average Bonchev–Trinajstić information content (AvgIpc) is 3.34. The van der Waals surface area contributed by atoms with E-state index >= 15 is 0 Å². The molecule has 0 saturated heterocycles. The van der Waals surface area contributed by atoms with Crippen molar-refractivity contribution in [2.75, 3.05) is 13.6 Å². The highest BCUT2D eigenvalue weighted by Crippen LogP contribution is 2.13. The molecule has 0 amide bonds. The number of aliphatic imine (C=N–C) groups is 1. The molecule has 7 heteroatoms. The second kappa shape index (κ2) is 9.15. The summed E-state index contributed by atoms with van der Waals surface area (Å²) in [6.07, 6.45) is 5.88. The number of para-hydroxylation sites is 1. The lowest BCUT2D eigenvalue weighted by atomic mass is 10.3. The smallest absolute Gasteiger partial charge is 0.191 e. The van der Waals surface area contributed by atoms with Gasteiger partial charge in [0.05, 0.1) is 22.9 Å². The van der Waals surface area contributed by atoms with Gasteiger partial charge in [-0.1, -0.05) is 25.1 Å². The van der Waals surface area contributed by atoms with Gasteiger partial charge in [-0.2, -0.15) is 5.10 Å². The van der Waals surface area contributed by atoms with Gasteiger partial charge in [-0.15, -0.1) is 11.3 Å². The lowest BCUT2D eigenvalue weighted by Gasteiger charge is -2.10. The second-order valence-electron chi connectivity index (χ2n) is 5.76. The van der Waals surface area contributed by atoms with E-state index in [1.165, 1.54) is 4.88 Å². The summed E-state index contributed by atoms with van der Waals surface area (Å²) >= 11 is 1.78. The van der Waals surface area contributed by atoms with Gasteiger partial charge >= 0.3 is 0 Å². The SMILES string of the molecule is CCc1cnc(CCNC(=NC)NCc2ccn(-c3ccccc3)n2)s1. The molecule has 3 rings (SSSR count). The van der Waals surface area contributed by atoms with Gasteiger partial charge in [0.15, 0.2) is 5.96 Å². The largest absolute Gasteiger partial charge is 0.356 e. The molecule has 26 heavy (non-hydrogen) atoms. The van der Waals surface area contributed by atoms with Crippen LogP contribution in [0.25, 0.3) is 5.69 Å². The molecule has 0 unspecified atom stereocenters. The lowest BCUT2D eigenvalue weighted by molar-refractivity contribution is 0.762. The summed E-state index contributed by atoms with van der Waals surface area (Å²) in [6.45, 7) is 3.58. The van der Waals surface area contributed by atoms with Crippen molar-refractivity contribution in [1.29, 1.82) is 0 Å². The average molecular weight is 369 g/mol. The highest BCUT2D eigenvalue weighted by atomic mass is 32.1. The number of hydrogen-bond acceptors (Lipinski definition) is 4. The highest BCUT2D eigenvalue weighted by Gasteiger charge is 2.04. The summed E-state index contributed by atoms with van der Waals surface area (Å²) in [5, 5.41) is 12.4. The van der Waals surface area contributed by atoms with Crippen LogP contribution < -0.4 is 10.6 Å². The quantitative estimate of drug-likeness (QED) is 0.497.